The summed E-state index contributed by atoms with van der Waals surface area (Å²) < 4.78 is 20.7. The molecule has 0 radical (unpaired) electrons. The van der Waals surface area contributed by atoms with Gasteiger partial charge in [0, 0.05) is 6.42 Å². The van der Waals surface area contributed by atoms with Crippen molar-refractivity contribution in [1.29, 1.82) is 0 Å². The molecule has 2 aromatic rings. The number of nitrogens with two attached hydrogens (primary N) is 1. The molecule has 7 nitrogen and oxygen atoms in total. The van der Waals surface area contributed by atoms with Crippen LogP contribution in [-0.4, -0.2) is 36.3 Å². The second-order valence-electron chi connectivity index (χ2n) is 4.91. The summed E-state index contributed by atoms with van der Waals surface area (Å²) in [5, 5.41) is 10.2. The second-order valence-corrected chi connectivity index (χ2v) is 4.91. The van der Waals surface area contributed by atoms with Crippen LogP contribution in [0.3, 0.4) is 0 Å². The molecule has 3 N–H and O–H groups in total. The third-order valence-corrected chi connectivity index (χ3v) is 3.81. The van der Waals surface area contributed by atoms with Gasteiger partial charge in [-0.05, 0) is 6.42 Å². The number of anilines is 1. The fourth-order valence-corrected chi connectivity index (χ4v) is 2.59. The van der Waals surface area contributed by atoms with Crippen LogP contribution in [0, 0.1) is 18.4 Å². The first-order valence-electron chi connectivity index (χ1n) is 6.50. The molecule has 0 spiro atoms. The Labute approximate surface area is 120 Å². The molecule has 0 bridgehead atoms. The molecule has 1 aliphatic heterocycles. The van der Waals surface area contributed by atoms with Crippen LogP contribution in [0.2, 0.25) is 0 Å². The maximum atomic E-state index is 13.3. The highest BCUT2D eigenvalue weighted by molar-refractivity contribution is 5.81. The van der Waals surface area contributed by atoms with E-state index in [1.165, 1.54) is 10.9 Å². The molecule has 3 atom stereocenters. The highest BCUT2D eigenvalue weighted by Gasteiger charge is 2.46. The summed E-state index contributed by atoms with van der Waals surface area (Å²) in [5.74, 6) is 2.45. The van der Waals surface area contributed by atoms with Crippen LogP contribution in [0.15, 0.2) is 6.33 Å². The number of hydrogen-bond acceptors (Lipinski definition) is 6. The van der Waals surface area contributed by atoms with Crippen molar-refractivity contribution in [2.24, 2.45) is 0 Å². The van der Waals surface area contributed by atoms with Gasteiger partial charge in [-0.3, -0.25) is 4.57 Å². The predicted molar refractivity (Wildman–Crippen MR) is 72.3 cm³/mol. The maximum absolute atomic E-state index is 13.3. The third kappa shape index (κ3) is 1.93. The lowest BCUT2D eigenvalue weighted by atomic mass is 9.95. The van der Waals surface area contributed by atoms with Crippen molar-refractivity contribution < 1.29 is 14.2 Å². The number of nitrogens with zero attached hydrogens (tertiary/aromatic N) is 4. The molecule has 110 valence electrons. The molecule has 1 fully saturated rings. The molecule has 0 amide bonds. The SMILES string of the molecule is C#C[C@]1(CC)O[C@@H](n2cnc3c(N)nc(F)nc32)C[C@H]1O. The smallest absolute Gasteiger partial charge is 0.312 e. The molecule has 21 heavy (non-hydrogen) atoms. The zero-order valence-corrected chi connectivity index (χ0v) is 11.3. The molecule has 1 aliphatic rings. The van der Waals surface area contributed by atoms with Crippen molar-refractivity contribution in [3.8, 4) is 12.3 Å². The minimum absolute atomic E-state index is 0.0477. The predicted octanol–water partition coefficient (Wildman–Crippen LogP) is 0.609. The van der Waals surface area contributed by atoms with Crippen LogP contribution in [0.4, 0.5) is 10.2 Å². The zero-order chi connectivity index (χ0) is 15.2. The lowest BCUT2D eigenvalue weighted by Gasteiger charge is -2.24. The quantitative estimate of drug-likeness (QED) is 0.621. The number of halogens is 1. The molecule has 0 unspecified atom stereocenters. The molecule has 3 rings (SSSR count). The van der Waals surface area contributed by atoms with E-state index >= 15 is 0 Å². The van der Waals surface area contributed by atoms with E-state index in [1.54, 1.807) is 0 Å². The summed E-state index contributed by atoms with van der Waals surface area (Å²) in [4.78, 5) is 11.2. The number of aliphatic hydroxyl groups is 1. The van der Waals surface area contributed by atoms with Crippen molar-refractivity contribution >= 4 is 17.0 Å². The van der Waals surface area contributed by atoms with Crippen LogP contribution in [-0.2, 0) is 4.74 Å². The normalized spacial score (nSPS) is 28.9. The molecule has 1 saturated heterocycles. The van der Waals surface area contributed by atoms with Crippen LogP contribution < -0.4 is 5.73 Å². The number of ether oxygens (including phenoxy) is 1. The molecule has 0 aromatic carbocycles. The summed E-state index contributed by atoms with van der Waals surface area (Å²) in [6.45, 7) is 1.83. The van der Waals surface area contributed by atoms with Crippen molar-refractivity contribution in [2.75, 3.05) is 5.73 Å². The van der Waals surface area contributed by atoms with Gasteiger partial charge in [0.05, 0.1) is 12.4 Å². The van der Waals surface area contributed by atoms with Crippen molar-refractivity contribution in [3.05, 3.63) is 12.4 Å². The van der Waals surface area contributed by atoms with E-state index in [1.807, 2.05) is 6.92 Å². The average Bonchev–Trinajstić information content (AvgIpc) is 3.00. The number of nitrogen functional groups attached to an aromatic ring is 1. The molecular formula is C13H14FN5O2. The number of hydrogen-bond donors (Lipinski definition) is 2. The lowest BCUT2D eigenvalue weighted by Crippen LogP contribution is -2.36. The van der Waals surface area contributed by atoms with Gasteiger partial charge in [-0.1, -0.05) is 12.8 Å². The fraction of sp³-hybridized carbons (Fsp3) is 0.462. The van der Waals surface area contributed by atoms with E-state index < -0.39 is 24.0 Å². The number of aromatic nitrogens is 4. The van der Waals surface area contributed by atoms with Gasteiger partial charge in [-0.15, -0.1) is 6.42 Å². The van der Waals surface area contributed by atoms with E-state index in [4.69, 9.17) is 16.9 Å². The summed E-state index contributed by atoms with van der Waals surface area (Å²) in [5.41, 5.74) is 5.05. The second kappa shape index (κ2) is 4.65. The zero-order valence-electron chi connectivity index (χ0n) is 11.3. The molecule has 0 aliphatic carbocycles. The van der Waals surface area contributed by atoms with Crippen molar-refractivity contribution in [2.45, 2.75) is 37.7 Å². The standard InChI is InChI=1S/C13H14FN5O2/c1-3-13(4-2)7(20)5-8(21-13)19-6-16-9-10(15)17-12(14)18-11(9)19/h1,6-8,20H,4-5H2,2H3,(H2,15,17,18)/t7-,8-,13-/m1/s1. The van der Waals surface area contributed by atoms with Gasteiger partial charge in [0.25, 0.3) is 0 Å². The van der Waals surface area contributed by atoms with Gasteiger partial charge in [0.15, 0.2) is 22.6 Å². The molecule has 0 saturated carbocycles. The minimum atomic E-state index is -1.06. The fourth-order valence-electron chi connectivity index (χ4n) is 2.59. The Hall–Kier alpha value is -2.24. The van der Waals surface area contributed by atoms with E-state index in [0.29, 0.717) is 6.42 Å². The third-order valence-electron chi connectivity index (χ3n) is 3.81. The Morgan fingerprint density at radius 2 is 2.43 bits per heavy atom. The lowest BCUT2D eigenvalue weighted by molar-refractivity contribution is -0.0648. The Balaban J connectivity index is 2.05. The Morgan fingerprint density at radius 1 is 1.67 bits per heavy atom. The molecule has 2 aromatic heterocycles. The molecular weight excluding hydrogens is 277 g/mol. The van der Waals surface area contributed by atoms with Gasteiger partial charge in [0.2, 0.25) is 0 Å². The summed E-state index contributed by atoms with van der Waals surface area (Å²) >= 11 is 0. The highest BCUT2D eigenvalue weighted by Crippen LogP contribution is 2.39. The van der Waals surface area contributed by atoms with Gasteiger partial charge >= 0.3 is 6.08 Å². The van der Waals surface area contributed by atoms with Gasteiger partial charge < -0.3 is 15.6 Å². The summed E-state index contributed by atoms with van der Waals surface area (Å²) in [7, 11) is 0. The van der Waals surface area contributed by atoms with Crippen LogP contribution in [0.1, 0.15) is 26.0 Å². The van der Waals surface area contributed by atoms with E-state index in [9.17, 15) is 9.50 Å². The van der Waals surface area contributed by atoms with Crippen molar-refractivity contribution in [1.82, 2.24) is 19.5 Å². The van der Waals surface area contributed by atoms with Crippen molar-refractivity contribution in [3.63, 3.8) is 0 Å². The summed E-state index contributed by atoms with van der Waals surface area (Å²) in [6, 6.07) is 0. The first-order valence-corrected chi connectivity index (χ1v) is 6.50. The maximum Gasteiger partial charge on any atom is 0.312 e. The Bertz CT molecular complexity index is 740. The number of imidazole rings is 1. The molecule has 3 heterocycles. The Kier molecular flexibility index (Phi) is 3.04. The highest BCUT2D eigenvalue weighted by atomic mass is 19.1. The number of terminal acetylenes is 1. The largest absolute Gasteiger partial charge is 0.389 e. The first-order chi connectivity index (χ1) is 10.0. The minimum Gasteiger partial charge on any atom is -0.389 e. The van der Waals surface area contributed by atoms with E-state index in [0.717, 1.165) is 0 Å². The van der Waals surface area contributed by atoms with Gasteiger partial charge in [-0.2, -0.15) is 14.4 Å². The van der Waals surface area contributed by atoms with Crippen LogP contribution >= 0.6 is 0 Å². The topological polar surface area (TPSA) is 99.1 Å². The number of rotatable bonds is 2. The number of aliphatic hydroxyl groups excluding tert-OH is 1. The summed E-state index contributed by atoms with van der Waals surface area (Å²) in [6.07, 6.45) is 5.27. The van der Waals surface area contributed by atoms with Crippen LogP contribution in [0.5, 0.6) is 0 Å². The van der Waals surface area contributed by atoms with Gasteiger partial charge in [0.1, 0.15) is 6.23 Å². The van der Waals surface area contributed by atoms with E-state index in [-0.39, 0.29) is 23.4 Å². The van der Waals surface area contributed by atoms with Gasteiger partial charge in [-0.25, -0.2) is 4.98 Å². The number of fused-ring (bicyclic) bond motifs is 1. The molecule has 8 heteroatoms. The average molecular weight is 291 g/mol. The monoisotopic (exact) mass is 291 g/mol. The van der Waals surface area contributed by atoms with E-state index in [2.05, 4.69) is 20.9 Å². The van der Waals surface area contributed by atoms with Crippen LogP contribution in [0.25, 0.3) is 11.2 Å². The Morgan fingerprint density at radius 3 is 3.05 bits per heavy atom. The first kappa shape index (κ1) is 13.7.